The summed E-state index contributed by atoms with van der Waals surface area (Å²) in [6.45, 7) is 6.26. The van der Waals surface area contributed by atoms with Gasteiger partial charge in [-0.3, -0.25) is 0 Å². The quantitative estimate of drug-likeness (QED) is 0.920. The first-order valence-corrected chi connectivity index (χ1v) is 9.16. The van der Waals surface area contributed by atoms with E-state index in [0.29, 0.717) is 0 Å². The molecular weight excluding hydrogens is 286 g/mol. The van der Waals surface area contributed by atoms with Gasteiger partial charge in [-0.05, 0) is 81.5 Å². The molecule has 2 heterocycles. The van der Waals surface area contributed by atoms with Crippen LogP contribution in [0.25, 0.3) is 0 Å². The van der Waals surface area contributed by atoms with Crippen molar-refractivity contribution in [1.82, 2.24) is 10.2 Å². The summed E-state index contributed by atoms with van der Waals surface area (Å²) in [5.74, 6) is 1.93. The van der Waals surface area contributed by atoms with Gasteiger partial charge in [-0.2, -0.15) is 0 Å². The van der Waals surface area contributed by atoms with Crippen LogP contribution in [-0.2, 0) is 12.8 Å². The second-order valence-electron chi connectivity index (χ2n) is 7.44. The van der Waals surface area contributed by atoms with Crippen molar-refractivity contribution in [2.24, 2.45) is 0 Å². The van der Waals surface area contributed by atoms with Crippen LogP contribution < -0.4 is 15.0 Å². The molecule has 1 aliphatic carbocycles. The molecule has 2 aliphatic heterocycles. The molecule has 0 amide bonds. The van der Waals surface area contributed by atoms with Gasteiger partial charge in [-0.25, -0.2) is 0 Å². The van der Waals surface area contributed by atoms with Crippen molar-refractivity contribution < 1.29 is 4.74 Å². The zero-order chi connectivity index (χ0) is 15.8. The van der Waals surface area contributed by atoms with Crippen LogP contribution in [0.5, 0.6) is 5.75 Å². The molecule has 0 aromatic heterocycles. The first kappa shape index (κ1) is 15.3. The Morgan fingerprint density at radius 2 is 2.09 bits per heavy atom. The third kappa shape index (κ3) is 3.07. The van der Waals surface area contributed by atoms with E-state index in [1.165, 1.54) is 30.5 Å². The van der Waals surface area contributed by atoms with Gasteiger partial charge in [0.05, 0.1) is 12.2 Å². The summed E-state index contributed by atoms with van der Waals surface area (Å²) < 4.78 is 6.11. The van der Waals surface area contributed by atoms with Crippen LogP contribution in [0.15, 0.2) is 6.07 Å². The zero-order valence-corrected chi connectivity index (χ0v) is 14.5. The van der Waals surface area contributed by atoms with Crippen molar-refractivity contribution in [1.29, 1.82) is 0 Å². The molecule has 4 nitrogen and oxygen atoms in total. The average Bonchev–Trinajstić information content (AvgIpc) is 3.37. The van der Waals surface area contributed by atoms with E-state index in [2.05, 4.69) is 35.3 Å². The maximum absolute atomic E-state index is 6.11. The fraction of sp³-hybridized carbons (Fsp3) is 0.684. The van der Waals surface area contributed by atoms with E-state index < -0.39 is 0 Å². The summed E-state index contributed by atoms with van der Waals surface area (Å²) in [7, 11) is 4.32. The number of fused-ring (bicyclic) bond motifs is 2. The minimum atomic E-state index is 0.778. The first-order chi connectivity index (χ1) is 11.2. The largest absolute Gasteiger partial charge is 0.490 e. The molecule has 0 atom stereocenters. The molecule has 0 saturated heterocycles. The van der Waals surface area contributed by atoms with E-state index in [1.807, 2.05) is 0 Å². The molecule has 126 valence electrons. The molecule has 23 heavy (non-hydrogen) atoms. The Kier molecular flexibility index (Phi) is 4.20. The molecule has 4 rings (SSSR count). The minimum absolute atomic E-state index is 0.778. The Morgan fingerprint density at radius 1 is 1.26 bits per heavy atom. The Morgan fingerprint density at radius 3 is 2.87 bits per heavy atom. The lowest BCUT2D eigenvalue weighted by atomic mass is 9.91. The normalized spacial score (nSPS) is 20.7. The molecule has 0 radical (unpaired) electrons. The molecule has 1 N–H and O–H groups in total. The Balaban J connectivity index is 1.77. The van der Waals surface area contributed by atoms with Crippen LogP contribution in [0, 0.1) is 0 Å². The van der Waals surface area contributed by atoms with Crippen LogP contribution in [0.3, 0.4) is 0 Å². The molecular formula is C19H29N3O. The summed E-state index contributed by atoms with van der Waals surface area (Å²) in [6.07, 6.45) is 5.04. The molecule has 0 unspecified atom stereocenters. The first-order valence-electron chi connectivity index (χ1n) is 9.16. The van der Waals surface area contributed by atoms with Crippen molar-refractivity contribution >= 4 is 5.69 Å². The van der Waals surface area contributed by atoms with Crippen molar-refractivity contribution in [2.75, 3.05) is 58.3 Å². The third-order valence-electron chi connectivity index (χ3n) is 5.37. The number of anilines is 1. The van der Waals surface area contributed by atoms with Gasteiger partial charge >= 0.3 is 0 Å². The smallest absolute Gasteiger partial charge is 0.143 e. The Bertz CT molecular complexity index is 580. The third-order valence-corrected chi connectivity index (χ3v) is 5.37. The van der Waals surface area contributed by atoms with Crippen molar-refractivity contribution in [2.45, 2.75) is 31.6 Å². The molecule has 0 spiro atoms. The fourth-order valence-corrected chi connectivity index (χ4v) is 4.01. The summed E-state index contributed by atoms with van der Waals surface area (Å²) in [6, 6.07) is 2.35. The van der Waals surface area contributed by atoms with Gasteiger partial charge in [0, 0.05) is 13.1 Å². The predicted molar refractivity (Wildman–Crippen MR) is 95.0 cm³/mol. The van der Waals surface area contributed by atoms with Crippen LogP contribution in [-0.4, -0.2) is 58.3 Å². The highest BCUT2D eigenvalue weighted by molar-refractivity contribution is 5.71. The lowest BCUT2D eigenvalue weighted by Gasteiger charge is -2.35. The monoisotopic (exact) mass is 315 g/mol. The maximum atomic E-state index is 6.11. The lowest BCUT2D eigenvalue weighted by molar-refractivity contribution is 0.301. The summed E-state index contributed by atoms with van der Waals surface area (Å²) in [5, 5.41) is 3.56. The highest BCUT2D eigenvalue weighted by atomic mass is 16.5. The number of ether oxygens (including phenoxy) is 1. The summed E-state index contributed by atoms with van der Waals surface area (Å²) >= 11 is 0. The Labute approximate surface area is 139 Å². The van der Waals surface area contributed by atoms with Crippen LogP contribution in [0.4, 0.5) is 5.69 Å². The van der Waals surface area contributed by atoms with E-state index in [0.717, 1.165) is 57.4 Å². The van der Waals surface area contributed by atoms with Crippen molar-refractivity contribution in [3.8, 4) is 5.75 Å². The summed E-state index contributed by atoms with van der Waals surface area (Å²) in [5.41, 5.74) is 6.24. The maximum Gasteiger partial charge on any atom is 0.143 e. The number of hydrogen-bond donors (Lipinski definition) is 1. The second-order valence-corrected chi connectivity index (χ2v) is 7.44. The predicted octanol–water partition coefficient (Wildman–Crippen LogP) is 2.01. The van der Waals surface area contributed by atoms with Crippen molar-refractivity contribution in [3.63, 3.8) is 0 Å². The van der Waals surface area contributed by atoms with Gasteiger partial charge in [0.15, 0.2) is 0 Å². The number of likely N-dealkylation sites (N-methyl/N-ethyl adjacent to an activating group) is 1. The standard InChI is InChI=1S/C19H29N3O/c1-21(2)9-10-22-11-12-23-17-13-15-5-7-20-8-6-16(15)18(19(17)22)14-3-4-14/h13-14,20H,3-12H2,1-2H3. The number of nitrogens with zero attached hydrogens (tertiary/aromatic N) is 2. The van der Waals surface area contributed by atoms with E-state index >= 15 is 0 Å². The highest BCUT2D eigenvalue weighted by Crippen LogP contribution is 2.51. The minimum Gasteiger partial charge on any atom is -0.490 e. The number of nitrogens with one attached hydrogen (secondary N) is 1. The molecule has 1 saturated carbocycles. The average molecular weight is 315 g/mol. The molecule has 1 fully saturated rings. The molecule has 1 aromatic rings. The van der Waals surface area contributed by atoms with Crippen LogP contribution in [0.2, 0.25) is 0 Å². The Hall–Kier alpha value is -1.26. The van der Waals surface area contributed by atoms with Crippen LogP contribution >= 0.6 is 0 Å². The topological polar surface area (TPSA) is 27.7 Å². The molecule has 4 heteroatoms. The van der Waals surface area contributed by atoms with Crippen molar-refractivity contribution in [3.05, 3.63) is 22.8 Å². The van der Waals surface area contributed by atoms with Crippen LogP contribution in [0.1, 0.15) is 35.4 Å². The van der Waals surface area contributed by atoms with E-state index in [9.17, 15) is 0 Å². The number of rotatable bonds is 4. The number of hydrogen-bond acceptors (Lipinski definition) is 4. The van der Waals surface area contributed by atoms with Gasteiger partial charge in [0.2, 0.25) is 0 Å². The van der Waals surface area contributed by atoms with E-state index in [1.54, 1.807) is 11.1 Å². The molecule has 3 aliphatic rings. The van der Waals surface area contributed by atoms with Gasteiger partial charge in [0.25, 0.3) is 0 Å². The lowest BCUT2D eigenvalue weighted by Crippen LogP contribution is -2.38. The van der Waals surface area contributed by atoms with Gasteiger partial charge in [0.1, 0.15) is 12.4 Å². The zero-order valence-electron chi connectivity index (χ0n) is 14.5. The number of benzene rings is 1. The molecule has 1 aromatic carbocycles. The molecule has 0 bridgehead atoms. The van der Waals surface area contributed by atoms with E-state index in [-0.39, 0.29) is 0 Å². The van der Waals surface area contributed by atoms with E-state index in [4.69, 9.17) is 4.74 Å². The SMILES string of the molecule is CN(C)CCN1CCOc2cc3c(c(C4CC4)c21)CCNCC3. The summed E-state index contributed by atoms with van der Waals surface area (Å²) in [4.78, 5) is 4.87. The second kappa shape index (κ2) is 6.33. The van der Waals surface area contributed by atoms with Gasteiger partial charge in [-0.1, -0.05) is 0 Å². The highest BCUT2D eigenvalue weighted by Gasteiger charge is 2.35. The van der Waals surface area contributed by atoms with Gasteiger partial charge in [-0.15, -0.1) is 0 Å². The fourth-order valence-electron chi connectivity index (χ4n) is 4.01. The van der Waals surface area contributed by atoms with Gasteiger partial charge < -0.3 is 19.9 Å².